The number of fused-ring (bicyclic) bond motifs is 1. The van der Waals surface area contributed by atoms with Crippen molar-refractivity contribution in [3.63, 3.8) is 0 Å². The van der Waals surface area contributed by atoms with E-state index in [1.165, 1.54) is 5.56 Å². The third-order valence-electron chi connectivity index (χ3n) is 5.81. The molecule has 5 rings (SSSR count). The van der Waals surface area contributed by atoms with E-state index in [1.807, 2.05) is 30.3 Å². The highest BCUT2D eigenvalue weighted by Gasteiger charge is 2.26. The van der Waals surface area contributed by atoms with Crippen LogP contribution in [0.25, 0.3) is 10.9 Å². The van der Waals surface area contributed by atoms with E-state index >= 15 is 0 Å². The third-order valence-corrected chi connectivity index (χ3v) is 5.81. The Bertz CT molecular complexity index is 1010. The van der Waals surface area contributed by atoms with Crippen LogP contribution in [0.3, 0.4) is 0 Å². The van der Waals surface area contributed by atoms with Crippen LogP contribution in [0.15, 0.2) is 60.7 Å². The molecule has 1 aromatic heterocycles. The molecule has 0 atom stereocenters. The molecule has 1 saturated heterocycles. The maximum Gasteiger partial charge on any atom is 0.252 e. The smallest absolute Gasteiger partial charge is 0.252 e. The van der Waals surface area contributed by atoms with Gasteiger partial charge in [0.15, 0.2) is 0 Å². The molecule has 1 aliphatic heterocycles. The standard InChI is InChI=1S/C24H26N4O/c29-24(25-19-10-11-19)21-16-23(26-22-9-5-4-8-20(21)22)28-14-12-27(13-15-28)17-18-6-2-1-3-7-18/h1-9,16,19H,10-15,17H2,(H,25,29). The molecule has 0 bridgehead atoms. The fourth-order valence-corrected chi connectivity index (χ4v) is 3.98. The predicted molar refractivity (Wildman–Crippen MR) is 116 cm³/mol. The van der Waals surface area contributed by atoms with Crippen LogP contribution in [0, 0.1) is 0 Å². The zero-order valence-corrected chi connectivity index (χ0v) is 16.6. The van der Waals surface area contributed by atoms with Crippen LogP contribution in [0.2, 0.25) is 0 Å². The van der Waals surface area contributed by atoms with Gasteiger partial charge in [0.25, 0.3) is 5.91 Å². The van der Waals surface area contributed by atoms with Crippen LogP contribution in [0.5, 0.6) is 0 Å². The predicted octanol–water partition coefficient (Wildman–Crippen LogP) is 3.45. The Hall–Kier alpha value is -2.92. The topological polar surface area (TPSA) is 48.5 Å². The van der Waals surface area contributed by atoms with Crippen molar-refractivity contribution in [1.29, 1.82) is 0 Å². The number of para-hydroxylation sites is 1. The van der Waals surface area contributed by atoms with Gasteiger partial charge < -0.3 is 10.2 Å². The molecule has 0 spiro atoms. The lowest BCUT2D eigenvalue weighted by molar-refractivity contribution is 0.0952. The van der Waals surface area contributed by atoms with Gasteiger partial charge in [0.2, 0.25) is 0 Å². The first kappa shape index (κ1) is 18.1. The number of nitrogens with one attached hydrogen (secondary N) is 1. The molecule has 0 unspecified atom stereocenters. The largest absolute Gasteiger partial charge is 0.354 e. The monoisotopic (exact) mass is 386 g/mol. The van der Waals surface area contributed by atoms with E-state index in [0.717, 1.165) is 67.8 Å². The number of pyridine rings is 1. The molecule has 2 aromatic carbocycles. The second kappa shape index (κ2) is 7.84. The second-order valence-electron chi connectivity index (χ2n) is 8.04. The van der Waals surface area contributed by atoms with Crippen LogP contribution in [-0.4, -0.2) is 48.0 Å². The van der Waals surface area contributed by atoms with Gasteiger partial charge in [-0.3, -0.25) is 9.69 Å². The van der Waals surface area contributed by atoms with Gasteiger partial charge >= 0.3 is 0 Å². The summed E-state index contributed by atoms with van der Waals surface area (Å²) in [6.45, 7) is 4.80. The number of piperazine rings is 1. The van der Waals surface area contributed by atoms with E-state index in [0.29, 0.717) is 6.04 Å². The van der Waals surface area contributed by atoms with Crippen molar-refractivity contribution < 1.29 is 4.79 Å². The molecule has 1 saturated carbocycles. The van der Waals surface area contributed by atoms with Gasteiger partial charge in [0, 0.05) is 44.2 Å². The van der Waals surface area contributed by atoms with E-state index in [-0.39, 0.29) is 5.91 Å². The van der Waals surface area contributed by atoms with Crippen LogP contribution in [-0.2, 0) is 6.54 Å². The zero-order chi connectivity index (χ0) is 19.6. The van der Waals surface area contributed by atoms with Gasteiger partial charge in [-0.05, 0) is 30.5 Å². The summed E-state index contributed by atoms with van der Waals surface area (Å²) in [6, 6.07) is 20.9. The number of carbonyl (C=O) groups is 1. The van der Waals surface area contributed by atoms with Crippen molar-refractivity contribution in [2.45, 2.75) is 25.4 Å². The first-order valence-corrected chi connectivity index (χ1v) is 10.5. The summed E-state index contributed by atoms with van der Waals surface area (Å²) in [6.07, 6.45) is 2.18. The maximum absolute atomic E-state index is 12.8. The molecule has 1 amide bonds. The Kier molecular flexibility index (Phi) is 4.90. The molecule has 1 aliphatic carbocycles. The highest BCUT2D eigenvalue weighted by atomic mass is 16.1. The van der Waals surface area contributed by atoms with Crippen molar-refractivity contribution in [2.75, 3.05) is 31.1 Å². The van der Waals surface area contributed by atoms with Gasteiger partial charge in [0.05, 0.1) is 11.1 Å². The summed E-state index contributed by atoms with van der Waals surface area (Å²) >= 11 is 0. The van der Waals surface area contributed by atoms with E-state index < -0.39 is 0 Å². The summed E-state index contributed by atoms with van der Waals surface area (Å²) < 4.78 is 0. The quantitative estimate of drug-likeness (QED) is 0.730. The number of aromatic nitrogens is 1. The molecule has 2 aliphatic rings. The number of amides is 1. The van der Waals surface area contributed by atoms with Crippen molar-refractivity contribution in [2.24, 2.45) is 0 Å². The van der Waals surface area contributed by atoms with Gasteiger partial charge in [-0.25, -0.2) is 4.98 Å². The Morgan fingerprint density at radius 1 is 0.966 bits per heavy atom. The Morgan fingerprint density at radius 2 is 1.69 bits per heavy atom. The third kappa shape index (κ3) is 4.10. The molecule has 148 valence electrons. The number of anilines is 1. The van der Waals surface area contributed by atoms with E-state index in [9.17, 15) is 4.79 Å². The second-order valence-corrected chi connectivity index (χ2v) is 8.04. The average molecular weight is 386 g/mol. The number of nitrogens with zero attached hydrogens (tertiary/aromatic N) is 3. The Balaban J connectivity index is 1.34. The average Bonchev–Trinajstić information content (AvgIpc) is 3.58. The van der Waals surface area contributed by atoms with Crippen molar-refractivity contribution in [3.05, 3.63) is 71.8 Å². The number of hydrogen-bond acceptors (Lipinski definition) is 4. The number of rotatable bonds is 5. The van der Waals surface area contributed by atoms with Gasteiger partial charge in [-0.1, -0.05) is 48.5 Å². The van der Waals surface area contributed by atoms with Crippen molar-refractivity contribution >= 4 is 22.6 Å². The maximum atomic E-state index is 12.8. The molecule has 5 heteroatoms. The van der Waals surface area contributed by atoms with Crippen LogP contribution < -0.4 is 10.2 Å². The van der Waals surface area contributed by atoms with Crippen molar-refractivity contribution in [3.8, 4) is 0 Å². The molecule has 3 aromatic rings. The van der Waals surface area contributed by atoms with Crippen LogP contribution in [0.1, 0.15) is 28.8 Å². The number of hydrogen-bond donors (Lipinski definition) is 1. The summed E-state index contributed by atoms with van der Waals surface area (Å²) in [4.78, 5) is 22.5. The van der Waals surface area contributed by atoms with Crippen LogP contribution >= 0.6 is 0 Å². The van der Waals surface area contributed by atoms with Gasteiger partial charge in [-0.15, -0.1) is 0 Å². The van der Waals surface area contributed by atoms with E-state index in [2.05, 4.69) is 45.4 Å². The van der Waals surface area contributed by atoms with Crippen molar-refractivity contribution in [1.82, 2.24) is 15.2 Å². The fourth-order valence-electron chi connectivity index (χ4n) is 3.98. The van der Waals surface area contributed by atoms with Gasteiger partial charge in [0.1, 0.15) is 5.82 Å². The fraction of sp³-hybridized carbons (Fsp3) is 0.333. The SMILES string of the molecule is O=C(NC1CC1)c1cc(N2CCN(Cc3ccccc3)CC2)nc2ccccc12. The first-order chi connectivity index (χ1) is 14.3. The normalized spacial score (nSPS) is 17.4. The highest BCUT2D eigenvalue weighted by Crippen LogP contribution is 2.26. The minimum absolute atomic E-state index is 0.0232. The Morgan fingerprint density at radius 3 is 2.45 bits per heavy atom. The van der Waals surface area contributed by atoms with E-state index in [4.69, 9.17) is 4.98 Å². The molecule has 29 heavy (non-hydrogen) atoms. The first-order valence-electron chi connectivity index (χ1n) is 10.5. The summed E-state index contributed by atoms with van der Waals surface area (Å²) in [5.41, 5.74) is 2.98. The summed E-state index contributed by atoms with van der Waals surface area (Å²) in [5, 5.41) is 4.06. The highest BCUT2D eigenvalue weighted by molar-refractivity contribution is 6.07. The zero-order valence-electron chi connectivity index (χ0n) is 16.6. The lowest BCUT2D eigenvalue weighted by Crippen LogP contribution is -2.46. The minimum Gasteiger partial charge on any atom is -0.354 e. The lowest BCUT2D eigenvalue weighted by atomic mass is 10.1. The molecule has 5 nitrogen and oxygen atoms in total. The van der Waals surface area contributed by atoms with Gasteiger partial charge in [-0.2, -0.15) is 0 Å². The molecular formula is C24H26N4O. The Labute approximate surface area is 171 Å². The lowest BCUT2D eigenvalue weighted by Gasteiger charge is -2.35. The minimum atomic E-state index is 0.0232. The molecule has 2 heterocycles. The van der Waals surface area contributed by atoms with E-state index in [1.54, 1.807) is 0 Å². The van der Waals surface area contributed by atoms with Crippen LogP contribution in [0.4, 0.5) is 5.82 Å². The molecule has 2 fully saturated rings. The summed E-state index contributed by atoms with van der Waals surface area (Å²) in [5.74, 6) is 0.930. The number of benzene rings is 2. The number of carbonyl (C=O) groups excluding carboxylic acids is 1. The molecular weight excluding hydrogens is 360 g/mol. The summed E-state index contributed by atoms with van der Waals surface area (Å²) in [7, 11) is 0. The molecule has 1 N–H and O–H groups in total. The molecule has 0 radical (unpaired) electrons.